The first-order valence-corrected chi connectivity index (χ1v) is 7.28. The number of thioether (sulfide) groups is 1. The largest absolute Gasteiger partial charge is 0.490 e. The van der Waals surface area contributed by atoms with E-state index in [4.69, 9.17) is 15.6 Å². The first-order chi connectivity index (χ1) is 10.3. The van der Waals surface area contributed by atoms with Crippen molar-refractivity contribution in [1.29, 1.82) is 0 Å². The SMILES string of the molecule is NCC(=O)N1CCSC1c1ccccc1.O=C(O)C(F)(F)F. The number of hydrogen-bond donors (Lipinski definition) is 2. The fourth-order valence-electron chi connectivity index (χ4n) is 1.74. The monoisotopic (exact) mass is 336 g/mol. The van der Waals surface area contributed by atoms with Crippen LogP contribution < -0.4 is 5.73 Å². The summed E-state index contributed by atoms with van der Waals surface area (Å²) in [7, 11) is 0. The molecule has 9 heteroatoms. The number of carboxylic acids is 1. The summed E-state index contributed by atoms with van der Waals surface area (Å²) in [6.07, 6.45) is -5.08. The molecule has 1 heterocycles. The Bertz CT molecular complexity index is 511. The number of carboxylic acid groups (broad SMARTS) is 1. The second kappa shape index (κ2) is 8.04. The van der Waals surface area contributed by atoms with Gasteiger partial charge in [0.1, 0.15) is 5.37 Å². The van der Waals surface area contributed by atoms with Crippen LogP contribution in [0.5, 0.6) is 0 Å². The van der Waals surface area contributed by atoms with E-state index in [1.807, 2.05) is 23.1 Å². The quantitative estimate of drug-likeness (QED) is 0.861. The normalized spacial score (nSPS) is 17.6. The summed E-state index contributed by atoms with van der Waals surface area (Å²) in [5.74, 6) is -1.73. The molecule has 0 aromatic heterocycles. The van der Waals surface area contributed by atoms with Crippen molar-refractivity contribution in [3.63, 3.8) is 0 Å². The van der Waals surface area contributed by atoms with Crippen LogP contribution in [0, 0.1) is 0 Å². The number of amides is 1. The molecule has 2 rings (SSSR count). The molecule has 1 fully saturated rings. The molecule has 0 aliphatic carbocycles. The number of halogens is 3. The Labute approximate surface area is 129 Å². The number of carbonyl (C=O) groups is 2. The van der Waals surface area contributed by atoms with E-state index in [-0.39, 0.29) is 17.8 Å². The van der Waals surface area contributed by atoms with Gasteiger partial charge in [-0.15, -0.1) is 11.8 Å². The smallest absolute Gasteiger partial charge is 0.475 e. The highest BCUT2D eigenvalue weighted by atomic mass is 32.2. The Morgan fingerprint density at radius 2 is 1.86 bits per heavy atom. The number of rotatable bonds is 2. The second-order valence-electron chi connectivity index (χ2n) is 4.23. The molecule has 5 nitrogen and oxygen atoms in total. The molecule has 122 valence electrons. The van der Waals surface area contributed by atoms with Crippen LogP contribution in [0.4, 0.5) is 13.2 Å². The molecule has 0 bridgehead atoms. The highest BCUT2D eigenvalue weighted by Crippen LogP contribution is 2.37. The molecule has 1 aromatic carbocycles. The Morgan fingerprint density at radius 3 is 2.32 bits per heavy atom. The summed E-state index contributed by atoms with van der Waals surface area (Å²) in [5.41, 5.74) is 6.57. The number of alkyl halides is 3. The molecular weight excluding hydrogens is 321 g/mol. The minimum Gasteiger partial charge on any atom is -0.475 e. The van der Waals surface area contributed by atoms with Gasteiger partial charge < -0.3 is 15.7 Å². The summed E-state index contributed by atoms with van der Waals surface area (Å²) in [4.78, 5) is 22.3. The van der Waals surface area contributed by atoms with Crippen LogP contribution in [-0.4, -0.2) is 46.9 Å². The van der Waals surface area contributed by atoms with E-state index in [9.17, 15) is 18.0 Å². The Morgan fingerprint density at radius 1 is 1.32 bits per heavy atom. The Hall–Kier alpha value is -1.74. The van der Waals surface area contributed by atoms with E-state index in [0.29, 0.717) is 0 Å². The van der Waals surface area contributed by atoms with Gasteiger partial charge in [-0.2, -0.15) is 13.2 Å². The molecule has 1 saturated heterocycles. The maximum Gasteiger partial charge on any atom is 0.490 e. The lowest BCUT2D eigenvalue weighted by molar-refractivity contribution is -0.192. The van der Waals surface area contributed by atoms with Crippen LogP contribution in [0.3, 0.4) is 0 Å². The van der Waals surface area contributed by atoms with Crippen molar-refractivity contribution in [1.82, 2.24) is 4.90 Å². The van der Waals surface area contributed by atoms with Crippen molar-refractivity contribution in [2.45, 2.75) is 11.6 Å². The molecule has 0 radical (unpaired) electrons. The minimum absolute atomic E-state index is 0.0360. The van der Waals surface area contributed by atoms with Crippen molar-refractivity contribution < 1.29 is 27.9 Å². The predicted molar refractivity (Wildman–Crippen MR) is 76.1 cm³/mol. The molecular formula is C13H15F3N2O3S. The fraction of sp³-hybridized carbons (Fsp3) is 0.385. The number of benzene rings is 1. The predicted octanol–water partition coefficient (Wildman–Crippen LogP) is 1.85. The Kier molecular flexibility index (Phi) is 6.69. The van der Waals surface area contributed by atoms with Gasteiger partial charge in [0, 0.05) is 12.3 Å². The maximum atomic E-state index is 11.6. The van der Waals surface area contributed by atoms with Gasteiger partial charge in [-0.3, -0.25) is 4.79 Å². The standard InChI is InChI=1S/C11H14N2OS.C2HF3O2/c12-8-10(14)13-6-7-15-11(13)9-4-2-1-3-5-9;3-2(4,5)1(6)7/h1-5,11H,6-8,12H2;(H,6,7). The third-order valence-corrected chi connectivity index (χ3v) is 3.97. The van der Waals surface area contributed by atoms with Crippen LogP contribution in [0.15, 0.2) is 30.3 Å². The zero-order chi connectivity index (χ0) is 16.8. The lowest BCUT2D eigenvalue weighted by Gasteiger charge is -2.23. The van der Waals surface area contributed by atoms with E-state index in [1.165, 1.54) is 5.56 Å². The number of carbonyl (C=O) groups excluding carboxylic acids is 1. The fourth-order valence-corrected chi connectivity index (χ4v) is 3.01. The summed E-state index contributed by atoms with van der Waals surface area (Å²) in [6, 6.07) is 10.1. The minimum atomic E-state index is -5.08. The van der Waals surface area contributed by atoms with Crippen molar-refractivity contribution in [2.75, 3.05) is 18.8 Å². The molecule has 0 saturated carbocycles. The number of hydrogen-bond acceptors (Lipinski definition) is 4. The van der Waals surface area contributed by atoms with E-state index < -0.39 is 12.1 Å². The van der Waals surface area contributed by atoms with Crippen molar-refractivity contribution in [3.05, 3.63) is 35.9 Å². The topological polar surface area (TPSA) is 83.6 Å². The van der Waals surface area contributed by atoms with Gasteiger partial charge in [-0.25, -0.2) is 4.79 Å². The summed E-state index contributed by atoms with van der Waals surface area (Å²) < 4.78 is 31.7. The molecule has 1 aromatic rings. The first-order valence-electron chi connectivity index (χ1n) is 6.23. The van der Waals surface area contributed by atoms with Crippen molar-refractivity contribution >= 4 is 23.6 Å². The Balaban J connectivity index is 0.000000295. The summed E-state index contributed by atoms with van der Waals surface area (Å²) in [6.45, 7) is 0.907. The van der Waals surface area contributed by atoms with Crippen molar-refractivity contribution in [2.24, 2.45) is 5.73 Å². The van der Waals surface area contributed by atoms with Gasteiger partial charge in [0.15, 0.2) is 0 Å². The molecule has 1 amide bonds. The van der Waals surface area contributed by atoms with E-state index in [0.717, 1.165) is 12.3 Å². The zero-order valence-electron chi connectivity index (χ0n) is 11.4. The van der Waals surface area contributed by atoms with Crippen LogP contribution in [0.25, 0.3) is 0 Å². The van der Waals surface area contributed by atoms with Crippen LogP contribution in [-0.2, 0) is 9.59 Å². The van der Waals surface area contributed by atoms with Gasteiger partial charge in [-0.05, 0) is 5.56 Å². The van der Waals surface area contributed by atoms with Gasteiger partial charge in [-0.1, -0.05) is 30.3 Å². The molecule has 22 heavy (non-hydrogen) atoms. The van der Waals surface area contributed by atoms with Gasteiger partial charge in [0.2, 0.25) is 5.91 Å². The number of nitrogens with two attached hydrogens (primary N) is 1. The van der Waals surface area contributed by atoms with Gasteiger partial charge in [0.25, 0.3) is 0 Å². The van der Waals surface area contributed by atoms with Crippen LogP contribution >= 0.6 is 11.8 Å². The first kappa shape index (κ1) is 18.3. The van der Waals surface area contributed by atoms with Crippen LogP contribution in [0.2, 0.25) is 0 Å². The zero-order valence-corrected chi connectivity index (χ0v) is 12.2. The number of nitrogens with zero attached hydrogens (tertiary/aromatic N) is 1. The maximum absolute atomic E-state index is 11.6. The molecule has 1 aliphatic rings. The van der Waals surface area contributed by atoms with Gasteiger partial charge >= 0.3 is 12.1 Å². The highest BCUT2D eigenvalue weighted by Gasteiger charge is 2.38. The molecule has 0 spiro atoms. The average molecular weight is 336 g/mol. The molecule has 1 unspecified atom stereocenters. The lowest BCUT2D eigenvalue weighted by Crippen LogP contribution is -2.35. The third kappa shape index (κ3) is 5.23. The molecule has 1 aliphatic heterocycles. The van der Waals surface area contributed by atoms with Gasteiger partial charge in [0.05, 0.1) is 6.54 Å². The molecule has 3 N–H and O–H groups in total. The van der Waals surface area contributed by atoms with E-state index in [2.05, 4.69) is 12.1 Å². The third-order valence-electron chi connectivity index (χ3n) is 2.71. The number of aliphatic carboxylic acids is 1. The summed E-state index contributed by atoms with van der Waals surface area (Å²) >= 11 is 1.80. The average Bonchev–Trinajstić information content (AvgIpc) is 2.96. The summed E-state index contributed by atoms with van der Waals surface area (Å²) in [5, 5.41) is 7.28. The van der Waals surface area contributed by atoms with Crippen molar-refractivity contribution in [3.8, 4) is 0 Å². The van der Waals surface area contributed by atoms with Crippen LogP contribution in [0.1, 0.15) is 10.9 Å². The van der Waals surface area contributed by atoms with E-state index in [1.54, 1.807) is 11.8 Å². The molecule has 1 atom stereocenters. The second-order valence-corrected chi connectivity index (χ2v) is 5.42. The highest BCUT2D eigenvalue weighted by molar-refractivity contribution is 7.99. The van der Waals surface area contributed by atoms with E-state index >= 15 is 0 Å². The lowest BCUT2D eigenvalue weighted by atomic mass is 10.2.